The van der Waals surface area contributed by atoms with Gasteiger partial charge in [-0.3, -0.25) is 14.9 Å². The first-order valence-electron chi connectivity index (χ1n) is 10.0. The van der Waals surface area contributed by atoms with Gasteiger partial charge < -0.3 is 15.5 Å². The molecule has 0 saturated carbocycles. The molecule has 3 aromatic heterocycles. The van der Waals surface area contributed by atoms with Crippen LogP contribution in [0.5, 0.6) is 5.75 Å². The van der Waals surface area contributed by atoms with E-state index >= 15 is 0 Å². The highest BCUT2D eigenvalue weighted by Gasteiger charge is 2.11. The Bertz CT molecular complexity index is 1420. The molecule has 154 valence electrons. The first-order chi connectivity index (χ1) is 15.2. The molecule has 0 fully saturated rings. The van der Waals surface area contributed by atoms with Gasteiger partial charge in [-0.2, -0.15) is 5.10 Å². The third kappa shape index (κ3) is 3.91. The summed E-state index contributed by atoms with van der Waals surface area (Å²) < 4.78 is 5.93. The fourth-order valence-electron chi connectivity index (χ4n) is 3.76. The minimum atomic E-state index is -0.158. The van der Waals surface area contributed by atoms with E-state index in [2.05, 4.69) is 32.3 Å². The Kier molecular flexibility index (Phi) is 4.93. The summed E-state index contributed by atoms with van der Waals surface area (Å²) in [4.78, 5) is 19.6. The normalized spacial score (nSPS) is 12.3. The summed E-state index contributed by atoms with van der Waals surface area (Å²) >= 11 is 0. The summed E-state index contributed by atoms with van der Waals surface area (Å²) in [5.41, 5.74) is 10.9. The quantitative estimate of drug-likeness (QED) is 0.397. The third-order valence-corrected chi connectivity index (χ3v) is 5.32. The number of benzene rings is 2. The van der Waals surface area contributed by atoms with Crippen LogP contribution in [-0.4, -0.2) is 32.8 Å². The zero-order chi connectivity index (χ0) is 21.2. The zero-order valence-corrected chi connectivity index (χ0v) is 16.7. The van der Waals surface area contributed by atoms with Crippen molar-refractivity contribution >= 4 is 21.8 Å². The molecule has 5 rings (SSSR count). The van der Waals surface area contributed by atoms with Gasteiger partial charge in [-0.05, 0) is 41.8 Å². The molecule has 0 aliphatic rings. The lowest BCUT2D eigenvalue weighted by atomic mass is 10.0. The molecule has 4 N–H and O–H groups in total. The maximum Gasteiger partial charge on any atom is 0.207 e. The van der Waals surface area contributed by atoms with E-state index in [1.54, 1.807) is 12.4 Å². The summed E-state index contributed by atoms with van der Waals surface area (Å²) in [7, 11) is 0. The Labute approximate surface area is 177 Å². The smallest absolute Gasteiger partial charge is 0.207 e. The van der Waals surface area contributed by atoms with Crippen LogP contribution < -0.4 is 15.9 Å². The van der Waals surface area contributed by atoms with E-state index in [0.717, 1.165) is 16.6 Å². The van der Waals surface area contributed by atoms with Gasteiger partial charge >= 0.3 is 0 Å². The summed E-state index contributed by atoms with van der Waals surface area (Å²) in [5, 5.41) is 8.43. The van der Waals surface area contributed by atoms with Crippen molar-refractivity contribution in [3.05, 3.63) is 89.1 Å². The van der Waals surface area contributed by atoms with Crippen molar-refractivity contribution in [1.82, 2.24) is 20.2 Å². The molecule has 1 atom stereocenters. The number of hydrogen-bond donors (Lipinski definition) is 3. The number of H-pyrrole nitrogens is 2. The van der Waals surface area contributed by atoms with Crippen molar-refractivity contribution in [2.75, 3.05) is 6.61 Å². The minimum absolute atomic E-state index is 0.126. The van der Waals surface area contributed by atoms with E-state index in [1.165, 1.54) is 17.1 Å². The van der Waals surface area contributed by atoms with Gasteiger partial charge in [0, 0.05) is 40.3 Å². The minimum Gasteiger partial charge on any atom is -0.490 e. The highest BCUT2D eigenvalue weighted by atomic mass is 16.5. The standard InChI is InChI=1S/C24H21N5O2/c25-18(7-17-11-27-22-4-2-1-3-20(17)22)14-31-19-8-16(10-26-12-19)15-5-6-23-21(9-15)24(30)13-28-29-23/h1-6,8-13,18,27H,7,14,25H2,(H,29,30)/t18-/m0/s1. The van der Waals surface area contributed by atoms with Crippen LogP contribution in [-0.2, 0) is 6.42 Å². The SMILES string of the molecule is N[C@H](COc1cncc(-c2ccc3[nH]ncc(=O)c3c2)c1)Cc1c[nH]c2ccccc12. The van der Waals surface area contributed by atoms with E-state index < -0.39 is 0 Å². The number of aromatic nitrogens is 4. The van der Waals surface area contributed by atoms with Gasteiger partial charge in [-0.1, -0.05) is 24.3 Å². The molecule has 5 aromatic rings. The fraction of sp³-hybridized carbons (Fsp3) is 0.125. The highest BCUT2D eigenvalue weighted by Crippen LogP contribution is 2.25. The molecule has 2 aromatic carbocycles. The third-order valence-electron chi connectivity index (χ3n) is 5.32. The lowest BCUT2D eigenvalue weighted by Crippen LogP contribution is -2.30. The molecular weight excluding hydrogens is 390 g/mol. The molecule has 7 heteroatoms. The number of rotatable bonds is 6. The largest absolute Gasteiger partial charge is 0.490 e. The van der Waals surface area contributed by atoms with Gasteiger partial charge in [0.05, 0.1) is 17.9 Å². The maximum atomic E-state index is 12.1. The van der Waals surface area contributed by atoms with Crippen LogP contribution in [0, 0.1) is 0 Å². The lowest BCUT2D eigenvalue weighted by molar-refractivity contribution is 0.287. The number of nitrogens with zero attached hydrogens (tertiary/aromatic N) is 2. The van der Waals surface area contributed by atoms with Crippen molar-refractivity contribution in [2.45, 2.75) is 12.5 Å². The number of pyridine rings is 1. The van der Waals surface area contributed by atoms with Crippen molar-refractivity contribution in [2.24, 2.45) is 5.73 Å². The van der Waals surface area contributed by atoms with Gasteiger partial charge in [-0.15, -0.1) is 0 Å². The molecule has 0 bridgehead atoms. The number of nitrogens with two attached hydrogens (primary N) is 1. The number of para-hydroxylation sites is 1. The van der Waals surface area contributed by atoms with Gasteiger partial charge in [0.15, 0.2) is 0 Å². The van der Waals surface area contributed by atoms with Crippen molar-refractivity contribution in [1.29, 1.82) is 0 Å². The number of fused-ring (bicyclic) bond motifs is 2. The molecule has 0 unspecified atom stereocenters. The first-order valence-corrected chi connectivity index (χ1v) is 10.0. The summed E-state index contributed by atoms with van der Waals surface area (Å²) in [5.74, 6) is 0.635. The average molecular weight is 411 g/mol. The number of aromatic amines is 2. The summed E-state index contributed by atoms with van der Waals surface area (Å²) in [6.45, 7) is 0.369. The zero-order valence-electron chi connectivity index (χ0n) is 16.7. The van der Waals surface area contributed by atoms with E-state index in [0.29, 0.717) is 29.7 Å². The Hall–Kier alpha value is -3.97. The van der Waals surface area contributed by atoms with Crippen molar-refractivity contribution < 1.29 is 4.74 Å². The van der Waals surface area contributed by atoms with Crippen molar-refractivity contribution in [3.8, 4) is 16.9 Å². The second kappa shape index (κ2) is 8.04. The molecule has 0 amide bonds. The van der Waals surface area contributed by atoms with E-state index in [1.807, 2.05) is 42.6 Å². The number of nitrogens with one attached hydrogen (secondary N) is 2. The highest BCUT2D eigenvalue weighted by molar-refractivity contribution is 5.84. The van der Waals surface area contributed by atoms with Gasteiger partial charge in [0.25, 0.3) is 0 Å². The van der Waals surface area contributed by atoms with Gasteiger partial charge in [0.2, 0.25) is 5.43 Å². The molecule has 0 aliphatic carbocycles. The average Bonchev–Trinajstić information content (AvgIpc) is 3.21. The molecule has 0 saturated heterocycles. The second-order valence-corrected chi connectivity index (χ2v) is 7.54. The monoisotopic (exact) mass is 411 g/mol. The van der Waals surface area contributed by atoms with Crippen LogP contribution in [0.15, 0.2) is 78.1 Å². The molecule has 0 radical (unpaired) electrons. The molecule has 0 aliphatic heterocycles. The van der Waals surface area contributed by atoms with Crippen LogP contribution in [0.2, 0.25) is 0 Å². The topological polar surface area (TPSA) is 110 Å². The Balaban J connectivity index is 1.30. The van der Waals surface area contributed by atoms with Crippen LogP contribution in [0.3, 0.4) is 0 Å². The predicted octanol–water partition coefficient (Wildman–Crippen LogP) is 3.42. The van der Waals surface area contributed by atoms with Crippen molar-refractivity contribution in [3.63, 3.8) is 0 Å². The Morgan fingerprint density at radius 2 is 1.87 bits per heavy atom. The van der Waals surface area contributed by atoms with Crippen LogP contribution in [0.4, 0.5) is 0 Å². The second-order valence-electron chi connectivity index (χ2n) is 7.54. The maximum absolute atomic E-state index is 12.1. The van der Waals surface area contributed by atoms with E-state index in [9.17, 15) is 4.79 Å². The van der Waals surface area contributed by atoms with Crippen LogP contribution in [0.1, 0.15) is 5.56 Å². The van der Waals surface area contributed by atoms with Gasteiger partial charge in [0.1, 0.15) is 12.4 Å². The number of ether oxygens (including phenoxy) is 1. The molecule has 3 heterocycles. The lowest BCUT2D eigenvalue weighted by Gasteiger charge is -2.13. The summed E-state index contributed by atoms with van der Waals surface area (Å²) in [6, 6.07) is 15.5. The van der Waals surface area contributed by atoms with Crippen LogP contribution >= 0.6 is 0 Å². The summed E-state index contributed by atoms with van der Waals surface area (Å²) in [6.07, 6.45) is 7.40. The Morgan fingerprint density at radius 3 is 2.81 bits per heavy atom. The van der Waals surface area contributed by atoms with E-state index in [4.69, 9.17) is 10.5 Å². The molecule has 0 spiro atoms. The Morgan fingerprint density at radius 1 is 0.968 bits per heavy atom. The fourth-order valence-corrected chi connectivity index (χ4v) is 3.76. The first kappa shape index (κ1) is 19.0. The molecule has 7 nitrogen and oxygen atoms in total. The van der Waals surface area contributed by atoms with Gasteiger partial charge in [-0.25, -0.2) is 0 Å². The molecule has 31 heavy (non-hydrogen) atoms. The predicted molar refractivity (Wildman–Crippen MR) is 121 cm³/mol. The van der Waals surface area contributed by atoms with E-state index in [-0.39, 0.29) is 11.5 Å². The molecular formula is C24H21N5O2. The number of hydrogen-bond acceptors (Lipinski definition) is 5. The van der Waals surface area contributed by atoms with Crippen LogP contribution in [0.25, 0.3) is 32.9 Å².